The number of ether oxygens (including phenoxy) is 6. The van der Waals surface area contributed by atoms with Crippen LogP contribution in [-0.4, -0.2) is 201 Å². The molecule has 13 N–H and O–H groups in total. The van der Waals surface area contributed by atoms with E-state index in [1.165, 1.54) is 0 Å². The van der Waals surface area contributed by atoms with Crippen LogP contribution in [0, 0.1) is 44.8 Å². The zero-order valence-corrected chi connectivity index (χ0v) is 40.4. The van der Waals surface area contributed by atoms with Crippen LogP contribution in [0.5, 0.6) is 0 Å². The topological polar surface area (TPSA) is 318 Å². The minimum atomic E-state index is -1.78. The number of aliphatic hydroxyl groups excluding tert-OH is 12. The first kappa shape index (κ1) is 52.6. The Labute approximate surface area is 393 Å². The molecule has 8 aliphatic rings. The summed E-state index contributed by atoms with van der Waals surface area (Å²) in [5, 5.41) is 141. The standard InChI is InChI=1S/C48H82O19/c1-21-29(53)32(56)36(60)40(62-21)67-43(4,5)27(52)11-13-46(8,61)38-22(51)17-45(7)26-10-9-25-42(2,3)28(12-14-47(25)20-48(26,47)16-15-44(38,45)6)65-41-37(34(58)31(55)24(19-50)64-41)66-39-35(59)33(57)30(54)23(18-49)63-39/h21-41,49-61H,9-20H2,1-8H3/t21-,22-,23+,24+,25-,26+,27-,28-,29-,30+,31+,32+,33-,34-,35+,36+,37+,38-,39-,40-,41-,44+,45-,46-,47+,48-/m0/s1. The fraction of sp³-hybridized carbons (Fsp3) is 1.00. The zero-order valence-electron chi connectivity index (χ0n) is 40.4. The van der Waals surface area contributed by atoms with Gasteiger partial charge in [0, 0.05) is 5.92 Å². The Kier molecular flexibility index (Phi) is 14.1. The van der Waals surface area contributed by atoms with Gasteiger partial charge in [0.2, 0.25) is 0 Å². The van der Waals surface area contributed by atoms with Crippen molar-refractivity contribution in [3.63, 3.8) is 0 Å². The highest BCUT2D eigenvalue weighted by molar-refractivity contribution is 5.32. The van der Waals surface area contributed by atoms with Crippen molar-refractivity contribution in [3.05, 3.63) is 0 Å². The van der Waals surface area contributed by atoms with Crippen LogP contribution in [0.3, 0.4) is 0 Å². The summed E-state index contributed by atoms with van der Waals surface area (Å²) in [7, 11) is 0. The third-order valence-corrected chi connectivity index (χ3v) is 19.9. The fourth-order valence-electron chi connectivity index (χ4n) is 16.0. The van der Waals surface area contributed by atoms with Crippen LogP contribution in [0.4, 0.5) is 0 Å². The van der Waals surface area contributed by atoms with Gasteiger partial charge in [-0.1, -0.05) is 27.7 Å². The van der Waals surface area contributed by atoms with Gasteiger partial charge in [-0.15, -0.1) is 0 Å². The maximum Gasteiger partial charge on any atom is 0.187 e. The van der Waals surface area contributed by atoms with Crippen molar-refractivity contribution in [2.45, 2.75) is 241 Å². The van der Waals surface area contributed by atoms with Crippen LogP contribution in [0.2, 0.25) is 0 Å². The van der Waals surface area contributed by atoms with E-state index in [2.05, 4.69) is 27.7 Å². The normalized spacial score (nSPS) is 54.2. The molecule has 3 heterocycles. The quantitative estimate of drug-likeness (QED) is 0.0977. The van der Waals surface area contributed by atoms with E-state index in [-0.39, 0.29) is 40.9 Å². The minimum Gasteiger partial charge on any atom is -0.394 e. The molecule has 19 nitrogen and oxygen atoms in total. The molecular formula is C48H82O19. The summed E-state index contributed by atoms with van der Waals surface area (Å²) in [6, 6.07) is 0. The number of hydrogen-bond donors (Lipinski definition) is 13. The smallest absolute Gasteiger partial charge is 0.187 e. The van der Waals surface area contributed by atoms with Crippen molar-refractivity contribution < 1.29 is 94.8 Å². The molecule has 8 fully saturated rings. The van der Waals surface area contributed by atoms with Crippen molar-refractivity contribution in [3.8, 4) is 0 Å². The Bertz CT molecular complexity index is 1750. The first-order chi connectivity index (χ1) is 31.1. The predicted molar refractivity (Wildman–Crippen MR) is 233 cm³/mol. The van der Waals surface area contributed by atoms with Gasteiger partial charge in [-0.2, -0.15) is 0 Å². The van der Waals surface area contributed by atoms with E-state index >= 15 is 0 Å². The highest BCUT2D eigenvalue weighted by Crippen LogP contribution is 2.89. The molecule has 0 aromatic rings. The average Bonchev–Trinajstić information content (AvgIpc) is 3.87. The summed E-state index contributed by atoms with van der Waals surface area (Å²) in [5.41, 5.74) is -3.84. The molecular weight excluding hydrogens is 881 g/mol. The van der Waals surface area contributed by atoms with Crippen molar-refractivity contribution in [1.29, 1.82) is 0 Å². The molecule has 5 aliphatic carbocycles. The zero-order chi connectivity index (χ0) is 49.4. The third kappa shape index (κ3) is 8.12. The van der Waals surface area contributed by atoms with Gasteiger partial charge in [-0.05, 0) is 131 Å². The number of rotatable bonds is 13. The highest BCUT2D eigenvalue weighted by Gasteiger charge is 2.83. The second-order valence-electron chi connectivity index (χ2n) is 24.1. The molecule has 67 heavy (non-hydrogen) atoms. The molecule has 2 spiro atoms. The summed E-state index contributed by atoms with van der Waals surface area (Å²) < 4.78 is 36.1. The van der Waals surface area contributed by atoms with Crippen LogP contribution in [0.25, 0.3) is 0 Å². The molecule has 0 unspecified atom stereocenters. The van der Waals surface area contributed by atoms with Crippen LogP contribution in [-0.2, 0) is 28.4 Å². The molecule has 388 valence electrons. The molecule has 0 radical (unpaired) electrons. The number of hydrogen-bond acceptors (Lipinski definition) is 19. The molecule has 0 amide bonds. The van der Waals surface area contributed by atoms with Crippen molar-refractivity contribution in [2.75, 3.05) is 13.2 Å². The summed E-state index contributed by atoms with van der Waals surface area (Å²) in [6.45, 7) is 14.2. The van der Waals surface area contributed by atoms with E-state index in [9.17, 15) is 66.4 Å². The third-order valence-electron chi connectivity index (χ3n) is 19.9. The molecule has 3 aliphatic heterocycles. The summed E-state index contributed by atoms with van der Waals surface area (Å²) >= 11 is 0. The van der Waals surface area contributed by atoms with E-state index in [4.69, 9.17) is 28.4 Å². The Balaban J connectivity index is 0.955. The van der Waals surface area contributed by atoms with Gasteiger partial charge in [0.25, 0.3) is 0 Å². The van der Waals surface area contributed by atoms with E-state index in [0.29, 0.717) is 12.8 Å². The van der Waals surface area contributed by atoms with Crippen molar-refractivity contribution in [2.24, 2.45) is 44.8 Å². The van der Waals surface area contributed by atoms with E-state index in [1.807, 2.05) is 0 Å². The lowest BCUT2D eigenvalue weighted by Crippen LogP contribution is -2.65. The SMILES string of the molecule is C[C@@H]1O[C@@H](OC(C)(C)[C@@H](O)CC[C@](C)(O)[C@H]2[C@@H](O)C[C@@]3(C)[C@H]4CC[C@H]5C(C)(C)[C@@H](O[C@@H]6O[C@H](CO)[C@@H](O)[C@H](O)[C@H]6O[C@@H]6O[C@H](CO)[C@@H](O)[C@H](O)[C@H]6O)CC[C@@]56C[C@@]46CC[C@]23C)[C@H](O)[C@H](O)[C@H]1O. The Morgan fingerprint density at radius 1 is 0.627 bits per heavy atom. The van der Waals surface area contributed by atoms with E-state index < -0.39 is 152 Å². The van der Waals surface area contributed by atoms with Crippen LogP contribution in [0.15, 0.2) is 0 Å². The van der Waals surface area contributed by atoms with Gasteiger partial charge < -0.3 is 94.8 Å². The van der Waals surface area contributed by atoms with Gasteiger partial charge in [0.15, 0.2) is 18.9 Å². The summed E-state index contributed by atoms with van der Waals surface area (Å²) in [6.07, 6.45) is -17.4. The highest BCUT2D eigenvalue weighted by atomic mass is 16.8. The van der Waals surface area contributed by atoms with Crippen molar-refractivity contribution in [1.82, 2.24) is 0 Å². The van der Waals surface area contributed by atoms with Gasteiger partial charge in [-0.3, -0.25) is 0 Å². The number of aliphatic hydroxyl groups is 13. The molecule has 0 aromatic carbocycles. The molecule has 19 heteroatoms. The molecule has 0 aromatic heterocycles. The number of fused-ring (bicyclic) bond motifs is 2. The van der Waals surface area contributed by atoms with Crippen LogP contribution in [0.1, 0.15) is 120 Å². The monoisotopic (exact) mass is 963 g/mol. The first-order valence-corrected chi connectivity index (χ1v) is 24.8. The average molecular weight is 963 g/mol. The lowest BCUT2D eigenvalue weighted by molar-refractivity contribution is -0.377. The molecule has 0 bridgehead atoms. The second kappa shape index (κ2) is 18.0. The fourth-order valence-corrected chi connectivity index (χ4v) is 16.0. The van der Waals surface area contributed by atoms with Crippen LogP contribution < -0.4 is 0 Å². The summed E-state index contributed by atoms with van der Waals surface area (Å²) in [5.74, 6) is 0.00190. The first-order valence-electron chi connectivity index (χ1n) is 24.8. The Hall–Kier alpha value is -0.760. The summed E-state index contributed by atoms with van der Waals surface area (Å²) in [4.78, 5) is 0. The van der Waals surface area contributed by atoms with Gasteiger partial charge in [-0.25, -0.2) is 0 Å². The van der Waals surface area contributed by atoms with Gasteiger partial charge >= 0.3 is 0 Å². The lowest BCUT2D eigenvalue weighted by Gasteiger charge is -2.64. The molecule has 5 saturated carbocycles. The molecule has 26 atom stereocenters. The van der Waals surface area contributed by atoms with Gasteiger partial charge in [0.05, 0.1) is 48.8 Å². The largest absolute Gasteiger partial charge is 0.394 e. The van der Waals surface area contributed by atoms with Gasteiger partial charge in [0.1, 0.15) is 67.1 Å². The van der Waals surface area contributed by atoms with Crippen molar-refractivity contribution >= 4 is 0 Å². The molecule has 8 rings (SSSR count). The van der Waals surface area contributed by atoms with Crippen LogP contribution >= 0.6 is 0 Å². The second-order valence-corrected chi connectivity index (χ2v) is 24.1. The maximum atomic E-state index is 12.4. The maximum absolute atomic E-state index is 12.4. The lowest BCUT2D eigenvalue weighted by atomic mass is 9.41. The van der Waals surface area contributed by atoms with E-state index in [1.54, 1.807) is 27.7 Å². The predicted octanol–water partition coefficient (Wildman–Crippen LogP) is -1.08. The Morgan fingerprint density at radius 2 is 1.19 bits per heavy atom. The van der Waals surface area contributed by atoms with E-state index in [0.717, 1.165) is 38.5 Å². The molecule has 3 saturated heterocycles. The minimum absolute atomic E-state index is 0.00455. The Morgan fingerprint density at radius 3 is 1.84 bits per heavy atom.